The van der Waals surface area contributed by atoms with Gasteiger partial charge in [0.05, 0.1) is 30.2 Å². The van der Waals surface area contributed by atoms with Gasteiger partial charge in [0.15, 0.2) is 11.2 Å². The van der Waals surface area contributed by atoms with Gasteiger partial charge in [-0.3, -0.25) is 9.36 Å². The van der Waals surface area contributed by atoms with Crippen LogP contribution < -0.4 is 11.2 Å². The molecule has 0 unspecified atom stereocenters. The van der Waals surface area contributed by atoms with Crippen LogP contribution in [0.25, 0.3) is 16.9 Å². The maximum atomic E-state index is 13.5. The van der Waals surface area contributed by atoms with E-state index in [1.165, 1.54) is 51.9 Å². The van der Waals surface area contributed by atoms with Crippen LogP contribution in [0.5, 0.6) is 0 Å². The molecule has 1 fully saturated rings. The SMILES string of the molecule is O=c1c2c(ncn2Cc2ccc(C(F)(F)F)cc2)n(-c2ccc(F)cc2)c(=O)n1C[C@H]1CCCO1. The van der Waals surface area contributed by atoms with E-state index in [4.69, 9.17) is 4.74 Å². The number of hydrogen-bond acceptors (Lipinski definition) is 4. The molecule has 4 aromatic rings. The summed E-state index contributed by atoms with van der Waals surface area (Å²) in [5.41, 5.74) is -0.980. The number of fused-ring (bicyclic) bond motifs is 1. The molecule has 2 aromatic heterocycles. The van der Waals surface area contributed by atoms with Gasteiger partial charge in [-0.1, -0.05) is 12.1 Å². The molecule has 1 aliphatic rings. The van der Waals surface area contributed by atoms with E-state index in [0.29, 0.717) is 24.3 Å². The number of imidazole rings is 1. The van der Waals surface area contributed by atoms with Gasteiger partial charge in [0.1, 0.15) is 5.82 Å². The van der Waals surface area contributed by atoms with E-state index in [2.05, 4.69) is 4.98 Å². The molecular formula is C24H20F4N4O3. The van der Waals surface area contributed by atoms with Crippen molar-refractivity contribution in [2.75, 3.05) is 6.61 Å². The van der Waals surface area contributed by atoms with E-state index in [0.717, 1.165) is 23.1 Å². The third-order valence-corrected chi connectivity index (χ3v) is 6.03. The fraction of sp³-hybridized carbons (Fsp3) is 0.292. The largest absolute Gasteiger partial charge is 0.416 e. The molecule has 5 rings (SSSR count). The Morgan fingerprint density at radius 2 is 1.74 bits per heavy atom. The summed E-state index contributed by atoms with van der Waals surface area (Å²) in [7, 11) is 0. The Kier molecular flexibility index (Phi) is 5.79. The summed E-state index contributed by atoms with van der Waals surface area (Å²) in [6, 6.07) is 9.81. The molecule has 1 saturated heterocycles. The Balaban J connectivity index is 1.65. The molecule has 0 spiro atoms. The molecule has 0 amide bonds. The summed E-state index contributed by atoms with van der Waals surface area (Å²) in [4.78, 5) is 31.1. The van der Waals surface area contributed by atoms with Crippen LogP contribution in [0.15, 0.2) is 64.4 Å². The topological polar surface area (TPSA) is 71.0 Å². The van der Waals surface area contributed by atoms with Gasteiger partial charge < -0.3 is 9.30 Å². The second kappa shape index (κ2) is 8.81. The van der Waals surface area contributed by atoms with E-state index in [1.807, 2.05) is 0 Å². The summed E-state index contributed by atoms with van der Waals surface area (Å²) in [5.74, 6) is -0.487. The Bertz CT molecular complexity index is 1480. The number of benzene rings is 2. The zero-order valence-corrected chi connectivity index (χ0v) is 18.3. The summed E-state index contributed by atoms with van der Waals surface area (Å²) in [6.07, 6.45) is -1.88. The number of halogens is 4. The maximum Gasteiger partial charge on any atom is 0.416 e. The van der Waals surface area contributed by atoms with Gasteiger partial charge in [0.25, 0.3) is 5.56 Å². The molecule has 1 aliphatic heterocycles. The van der Waals surface area contributed by atoms with Crippen molar-refractivity contribution < 1.29 is 22.3 Å². The highest BCUT2D eigenvalue weighted by atomic mass is 19.4. The van der Waals surface area contributed by atoms with Gasteiger partial charge in [-0.05, 0) is 54.8 Å². The second-order valence-electron chi connectivity index (χ2n) is 8.38. The highest BCUT2D eigenvalue weighted by molar-refractivity contribution is 5.72. The van der Waals surface area contributed by atoms with Crippen LogP contribution >= 0.6 is 0 Å². The quantitative estimate of drug-likeness (QED) is 0.402. The number of alkyl halides is 3. The molecule has 7 nitrogen and oxygen atoms in total. The summed E-state index contributed by atoms with van der Waals surface area (Å²) >= 11 is 0. The molecule has 0 saturated carbocycles. The molecule has 3 heterocycles. The van der Waals surface area contributed by atoms with Crippen LogP contribution in [0.2, 0.25) is 0 Å². The average Bonchev–Trinajstić information content (AvgIpc) is 3.48. The minimum atomic E-state index is -4.46. The average molecular weight is 488 g/mol. The van der Waals surface area contributed by atoms with Gasteiger partial charge in [-0.2, -0.15) is 13.2 Å². The number of rotatable bonds is 5. The van der Waals surface area contributed by atoms with Crippen molar-refractivity contribution in [3.05, 3.63) is 92.6 Å². The van der Waals surface area contributed by atoms with Crippen molar-refractivity contribution in [2.24, 2.45) is 0 Å². The first kappa shape index (κ1) is 23.0. The van der Waals surface area contributed by atoms with Crippen molar-refractivity contribution >= 4 is 11.2 Å². The Labute approximate surface area is 195 Å². The van der Waals surface area contributed by atoms with Gasteiger partial charge in [-0.15, -0.1) is 0 Å². The Hall–Kier alpha value is -3.73. The predicted molar refractivity (Wildman–Crippen MR) is 119 cm³/mol. The fourth-order valence-electron chi connectivity index (χ4n) is 4.27. The number of nitrogens with zero attached hydrogens (tertiary/aromatic N) is 4. The molecular weight excluding hydrogens is 468 g/mol. The molecule has 0 radical (unpaired) electrons. The molecule has 1 atom stereocenters. The van der Waals surface area contributed by atoms with Crippen LogP contribution in [0.1, 0.15) is 24.0 Å². The van der Waals surface area contributed by atoms with Crippen molar-refractivity contribution in [1.29, 1.82) is 0 Å². The first-order valence-electron chi connectivity index (χ1n) is 11.0. The Morgan fingerprint density at radius 1 is 1.03 bits per heavy atom. The summed E-state index contributed by atoms with van der Waals surface area (Å²) in [5, 5.41) is 0. The molecule has 11 heteroatoms. The third kappa shape index (κ3) is 4.39. The molecule has 182 valence electrons. The van der Waals surface area contributed by atoms with Crippen molar-refractivity contribution in [2.45, 2.75) is 38.2 Å². The number of aromatic nitrogens is 4. The zero-order valence-electron chi connectivity index (χ0n) is 18.3. The monoisotopic (exact) mass is 488 g/mol. The lowest BCUT2D eigenvalue weighted by Crippen LogP contribution is -2.42. The van der Waals surface area contributed by atoms with E-state index >= 15 is 0 Å². The highest BCUT2D eigenvalue weighted by Crippen LogP contribution is 2.29. The minimum absolute atomic E-state index is 0.0419. The molecule has 35 heavy (non-hydrogen) atoms. The van der Waals surface area contributed by atoms with Gasteiger partial charge in [0.2, 0.25) is 0 Å². The fourth-order valence-corrected chi connectivity index (χ4v) is 4.27. The van der Waals surface area contributed by atoms with Crippen LogP contribution in [0.4, 0.5) is 17.6 Å². The van der Waals surface area contributed by atoms with Crippen LogP contribution in [0, 0.1) is 5.82 Å². The van der Waals surface area contributed by atoms with Crippen LogP contribution in [-0.2, 0) is 24.0 Å². The maximum absolute atomic E-state index is 13.5. The summed E-state index contributed by atoms with van der Waals surface area (Å²) < 4.78 is 61.7. The van der Waals surface area contributed by atoms with Crippen LogP contribution in [0.3, 0.4) is 0 Å². The molecule has 0 aliphatic carbocycles. The van der Waals surface area contributed by atoms with Gasteiger partial charge >= 0.3 is 11.9 Å². The first-order chi connectivity index (χ1) is 16.7. The zero-order chi connectivity index (χ0) is 24.7. The van der Waals surface area contributed by atoms with Crippen molar-refractivity contribution in [3.8, 4) is 5.69 Å². The Morgan fingerprint density at radius 3 is 2.37 bits per heavy atom. The van der Waals surface area contributed by atoms with E-state index in [1.54, 1.807) is 0 Å². The lowest BCUT2D eigenvalue weighted by Gasteiger charge is -2.15. The van der Waals surface area contributed by atoms with E-state index in [-0.39, 0.29) is 30.4 Å². The van der Waals surface area contributed by atoms with Gasteiger partial charge in [-0.25, -0.2) is 18.7 Å². The molecule has 0 N–H and O–H groups in total. The number of ether oxygens (including phenoxy) is 1. The van der Waals surface area contributed by atoms with Crippen LogP contribution in [-0.4, -0.2) is 31.4 Å². The van der Waals surface area contributed by atoms with E-state index < -0.39 is 28.8 Å². The van der Waals surface area contributed by atoms with Crippen molar-refractivity contribution in [3.63, 3.8) is 0 Å². The standard InChI is InChI=1S/C24H20F4N4O3/c25-17-7-9-18(10-8-17)32-21-20(22(33)31(23(32)34)13-19-2-1-11-35-19)30(14-29-21)12-15-3-5-16(6-4-15)24(26,27)28/h3-10,14,19H,1-2,11-13H2/t19-/m1/s1. The van der Waals surface area contributed by atoms with Gasteiger partial charge in [0, 0.05) is 13.2 Å². The lowest BCUT2D eigenvalue weighted by molar-refractivity contribution is -0.137. The third-order valence-electron chi connectivity index (χ3n) is 6.03. The summed E-state index contributed by atoms with van der Waals surface area (Å²) in [6.45, 7) is 0.644. The molecule has 0 bridgehead atoms. The highest BCUT2D eigenvalue weighted by Gasteiger charge is 2.30. The second-order valence-corrected chi connectivity index (χ2v) is 8.38. The van der Waals surface area contributed by atoms with E-state index in [9.17, 15) is 27.2 Å². The normalized spacial score (nSPS) is 16.3. The molecule has 2 aromatic carbocycles. The predicted octanol–water partition coefficient (Wildman–Crippen LogP) is 3.73. The first-order valence-corrected chi connectivity index (χ1v) is 11.0. The minimum Gasteiger partial charge on any atom is -0.376 e. The number of hydrogen-bond donors (Lipinski definition) is 0. The lowest BCUT2D eigenvalue weighted by atomic mass is 10.1. The smallest absolute Gasteiger partial charge is 0.376 e. The van der Waals surface area contributed by atoms with Crippen molar-refractivity contribution in [1.82, 2.24) is 18.7 Å².